The van der Waals surface area contributed by atoms with Crippen molar-refractivity contribution < 1.29 is 19.1 Å². The molecule has 27 heavy (non-hydrogen) atoms. The molecule has 0 aliphatic carbocycles. The first-order valence-electron chi connectivity index (χ1n) is 8.33. The molecule has 0 radical (unpaired) electrons. The molecular weight excluding hydrogens is 364 g/mol. The maximum atomic E-state index is 12.4. The molecule has 1 aromatic heterocycles. The van der Waals surface area contributed by atoms with Gasteiger partial charge >= 0.3 is 6.16 Å². The summed E-state index contributed by atoms with van der Waals surface area (Å²) in [6, 6.07) is 13.7. The summed E-state index contributed by atoms with van der Waals surface area (Å²) in [6.07, 6.45) is -0.773. The van der Waals surface area contributed by atoms with Crippen LogP contribution in [0.4, 0.5) is 10.5 Å². The lowest BCUT2D eigenvalue weighted by Crippen LogP contribution is -2.12. The molecule has 7 heteroatoms. The number of nitrogens with zero attached hydrogens (tertiary/aromatic N) is 1. The van der Waals surface area contributed by atoms with Crippen molar-refractivity contribution in [3.05, 3.63) is 64.5 Å². The van der Waals surface area contributed by atoms with Crippen LogP contribution in [0.5, 0.6) is 5.75 Å². The summed E-state index contributed by atoms with van der Waals surface area (Å²) in [5, 5.41) is 5.85. The van der Waals surface area contributed by atoms with E-state index in [4.69, 9.17) is 9.47 Å². The Morgan fingerprint density at radius 1 is 1.07 bits per heavy atom. The molecule has 0 aliphatic rings. The van der Waals surface area contributed by atoms with E-state index in [-0.39, 0.29) is 12.5 Å². The van der Waals surface area contributed by atoms with Gasteiger partial charge in [0.15, 0.2) is 0 Å². The highest BCUT2D eigenvalue weighted by Crippen LogP contribution is 2.23. The zero-order chi connectivity index (χ0) is 19.2. The standard InChI is InChI=1S/C20H18N2O4S/c1-3-25-20(24)26-17-10-6-15(7-11-17)19(23)22-16-8-4-14(5-9-16)18-12-27-13(2)21-18/h4-12H,3H2,1-2H3,(H,22,23). The van der Waals surface area contributed by atoms with E-state index in [1.54, 1.807) is 42.5 Å². The molecule has 0 spiro atoms. The molecule has 6 nitrogen and oxygen atoms in total. The molecule has 0 atom stereocenters. The van der Waals surface area contributed by atoms with Gasteiger partial charge in [0.1, 0.15) is 5.75 Å². The highest BCUT2D eigenvalue weighted by molar-refractivity contribution is 7.09. The fourth-order valence-electron chi connectivity index (χ4n) is 2.34. The predicted molar refractivity (Wildman–Crippen MR) is 104 cm³/mol. The summed E-state index contributed by atoms with van der Waals surface area (Å²) in [5.74, 6) is 0.0582. The SMILES string of the molecule is CCOC(=O)Oc1ccc(C(=O)Nc2ccc(-c3csc(C)n3)cc2)cc1. The largest absolute Gasteiger partial charge is 0.513 e. The highest BCUT2D eigenvalue weighted by Gasteiger charge is 2.09. The minimum absolute atomic E-state index is 0.236. The molecule has 2 aromatic carbocycles. The molecule has 3 aromatic rings. The normalized spacial score (nSPS) is 10.3. The number of amides is 1. The van der Waals surface area contributed by atoms with Gasteiger partial charge in [-0.2, -0.15) is 0 Å². The quantitative estimate of drug-likeness (QED) is 0.501. The van der Waals surface area contributed by atoms with Crippen molar-refractivity contribution in [2.75, 3.05) is 11.9 Å². The van der Waals surface area contributed by atoms with Crippen molar-refractivity contribution in [1.82, 2.24) is 4.98 Å². The van der Waals surface area contributed by atoms with Gasteiger partial charge in [-0.05, 0) is 50.2 Å². The molecule has 0 unspecified atom stereocenters. The van der Waals surface area contributed by atoms with Crippen LogP contribution in [0.15, 0.2) is 53.9 Å². The van der Waals surface area contributed by atoms with Crippen LogP contribution < -0.4 is 10.1 Å². The van der Waals surface area contributed by atoms with E-state index in [0.717, 1.165) is 16.3 Å². The monoisotopic (exact) mass is 382 g/mol. The first-order valence-corrected chi connectivity index (χ1v) is 9.21. The third-order valence-corrected chi connectivity index (χ3v) is 4.41. The number of ether oxygens (including phenoxy) is 2. The first-order chi connectivity index (χ1) is 13.0. The van der Waals surface area contributed by atoms with E-state index < -0.39 is 6.16 Å². The molecule has 1 amide bonds. The number of carbonyl (C=O) groups is 2. The van der Waals surface area contributed by atoms with Crippen molar-refractivity contribution in [2.45, 2.75) is 13.8 Å². The number of aryl methyl sites for hydroxylation is 1. The average Bonchev–Trinajstić information content (AvgIpc) is 3.09. The van der Waals surface area contributed by atoms with Crippen LogP contribution in [0.1, 0.15) is 22.3 Å². The summed E-state index contributed by atoms with van der Waals surface area (Å²) >= 11 is 1.60. The lowest BCUT2D eigenvalue weighted by Gasteiger charge is -2.07. The average molecular weight is 382 g/mol. The van der Waals surface area contributed by atoms with Crippen molar-refractivity contribution >= 4 is 29.1 Å². The predicted octanol–water partition coefficient (Wildman–Crippen LogP) is 4.91. The fourth-order valence-corrected chi connectivity index (χ4v) is 2.96. The molecule has 138 valence electrons. The van der Waals surface area contributed by atoms with Gasteiger partial charge in [-0.25, -0.2) is 9.78 Å². The maximum absolute atomic E-state index is 12.4. The molecule has 0 saturated heterocycles. The van der Waals surface area contributed by atoms with Gasteiger partial charge in [0.05, 0.1) is 17.3 Å². The molecule has 0 aliphatic heterocycles. The summed E-state index contributed by atoms with van der Waals surface area (Å²) in [7, 11) is 0. The van der Waals surface area contributed by atoms with Gasteiger partial charge in [-0.15, -0.1) is 11.3 Å². The number of thiazole rings is 1. The van der Waals surface area contributed by atoms with Gasteiger partial charge in [0.25, 0.3) is 5.91 Å². The fraction of sp³-hybridized carbons (Fsp3) is 0.150. The molecule has 0 fully saturated rings. The topological polar surface area (TPSA) is 77.5 Å². The third kappa shape index (κ3) is 4.92. The number of anilines is 1. The van der Waals surface area contributed by atoms with Gasteiger partial charge in [0.2, 0.25) is 0 Å². The zero-order valence-electron chi connectivity index (χ0n) is 14.9. The van der Waals surface area contributed by atoms with E-state index in [1.165, 1.54) is 0 Å². The Morgan fingerprint density at radius 3 is 2.37 bits per heavy atom. The minimum Gasteiger partial charge on any atom is -0.434 e. The van der Waals surface area contributed by atoms with E-state index in [0.29, 0.717) is 17.0 Å². The van der Waals surface area contributed by atoms with Crippen LogP contribution in [0.25, 0.3) is 11.3 Å². The smallest absolute Gasteiger partial charge is 0.434 e. The van der Waals surface area contributed by atoms with Crippen LogP contribution in [0, 0.1) is 6.92 Å². The second kappa shape index (κ2) is 8.46. The Labute approximate surface area is 160 Å². The van der Waals surface area contributed by atoms with Crippen molar-refractivity contribution in [2.24, 2.45) is 0 Å². The van der Waals surface area contributed by atoms with Gasteiger partial charge in [0, 0.05) is 22.2 Å². The minimum atomic E-state index is -0.773. The van der Waals surface area contributed by atoms with Crippen molar-refractivity contribution in [3.63, 3.8) is 0 Å². The molecule has 3 rings (SSSR count). The molecule has 0 saturated carbocycles. The highest BCUT2D eigenvalue weighted by atomic mass is 32.1. The van der Waals surface area contributed by atoms with E-state index in [2.05, 4.69) is 10.3 Å². The Hall–Kier alpha value is -3.19. The van der Waals surface area contributed by atoms with E-state index in [9.17, 15) is 9.59 Å². The van der Waals surface area contributed by atoms with Gasteiger partial charge in [-0.3, -0.25) is 4.79 Å². The molecule has 1 heterocycles. The van der Waals surface area contributed by atoms with Gasteiger partial charge < -0.3 is 14.8 Å². The first kappa shape index (κ1) is 18.6. The van der Waals surface area contributed by atoms with Crippen LogP contribution in [0.2, 0.25) is 0 Å². The summed E-state index contributed by atoms with van der Waals surface area (Å²) in [5.41, 5.74) is 3.05. The Balaban J connectivity index is 1.62. The molecule has 1 N–H and O–H groups in total. The number of aromatic nitrogens is 1. The van der Waals surface area contributed by atoms with Crippen LogP contribution in [0.3, 0.4) is 0 Å². The number of hydrogen-bond donors (Lipinski definition) is 1. The summed E-state index contributed by atoms with van der Waals surface area (Å²) in [6.45, 7) is 3.89. The lowest BCUT2D eigenvalue weighted by atomic mass is 10.1. The summed E-state index contributed by atoms with van der Waals surface area (Å²) < 4.78 is 9.67. The summed E-state index contributed by atoms with van der Waals surface area (Å²) in [4.78, 5) is 28.1. The number of nitrogens with one attached hydrogen (secondary N) is 1. The second-order valence-corrected chi connectivity index (χ2v) is 6.65. The van der Waals surface area contributed by atoms with Crippen molar-refractivity contribution in [1.29, 1.82) is 0 Å². The van der Waals surface area contributed by atoms with E-state index >= 15 is 0 Å². The van der Waals surface area contributed by atoms with Crippen molar-refractivity contribution in [3.8, 4) is 17.0 Å². The maximum Gasteiger partial charge on any atom is 0.513 e. The number of benzene rings is 2. The number of rotatable bonds is 5. The lowest BCUT2D eigenvalue weighted by molar-refractivity contribution is 0.102. The second-order valence-electron chi connectivity index (χ2n) is 5.59. The van der Waals surface area contributed by atoms with Crippen LogP contribution >= 0.6 is 11.3 Å². The number of hydrogen-bond acceptors (Lipinski definition) is 6. The zero-order valence-corrected chi connectivity index (χ0v) is 15.7. The third-order valence-electron chi connectivity index (χ3n) is 3.64. The molecule has 0 bridgehead atoms. The Bertz CT molecular complexity index is 933. The molecular formula is C20H18N2O4S. The van der Waals surface area contributed by atoms with Gasteiger partial charge in [-0.1, -0.05) is 12.1 Å². The van der Waals surface area contributed by atoms with Crippen LogP contribution in [-0.4, -0.2) is 23.7 Å². The van der Waals surface area contributed by atoms with E-state index in [1.807, 2.05) is 36.6 Å². The Kier molecular flexibility index (Phi) is 5.83. The van der Waals surface area contributed by atoms with Crippen LogP contribution in [-0.2, 0) is 4.74 Å². The Morgan fingerprint density at radius 2 is 1.78 bits per heavy atom. The number of carbonyl (C=O) groups excluding carboxylic acids is 2.